The molecule has 1 saturated heterocycles. The second-order valence-corrected chi connectivity index (χ2v) is 5.91. The Kier molecular flexibility index (Phi) is 6.72. The zero-order valence-electron chi connectivity index (χ0n) is 12.3. The van der Waals surface area contributed by atoms with Crippen LogP contribution in [-0.4, -0.2) is 41.0 Å². The number of amides is 1. The highest BCUT2D eigenvalue weighted by atomic mass is 32.1. The average Bonchev–Trinajstić information content (AvgIpc) is 2.43. The second-order valence-electron chi connectivity index (χ2n) is 5.43. The summed E-state index contributed by atoms with van der Waals surface area (Å²) in [5, 5.41) is 3.11. The molecule has 4 nitrogen and oxygen atoms in total. The standard InChI is InChI=1S/C14H27N3OS/c1-4-12(5-2)16-14(18)10(3)17-8-6-7-11(9-17)13(15)19/h10-12H,4-9H2,1-3H3,(H2,15,19)(H,16,18). The Bertz CT molecular complexity index is 318. The first-order valence-corrected chi connectivity index (χ1v) is 7.74. The number of carbonyl (C=O) groups excluding carboxylic acids is 1. The Labute approximate surface area is 122 Å². The Morgan fingerprint density at radius 2 is 2.11 bits per heavy atom. The highest BCUT2D eigenvalue weighted by Crippen LogP contribution is 2.19. The smallest absolute Gasteiger partial charge is 0.237 e. The lowest BCUT2D eigenvalue weighted by Gasteiger charge is -2.36. The maximum Gasteiger partial charge on any atom is 0.237 e. The van der Waals surface area contributed by atoms with Crippen LogP contribution in [0, 0.1) is 5.92 Å². The Hall–Kier alpha value is -0.680. The third kappa shape index (κ3) is 4.73. The molecule has 0 aromatic heterocycles. The lowest BCUT2D eigenvalue weighted by molar-refractivity contribution is -0.127. The van der Waals surface area contributed by atoms with E-state index in [0.29, 0.717) is 4.99 Å². The van der Waals surface area contributed by atoms with Crippen LogP contribution in [0.4, 0.5) is 0 Å². The minimum atomic E-state index is -0.0993. The van der Waals surface area contributed by atoms with Crippen LogP contribution >= 0.6 is 12.2 Å². The van der Waals surface area contributed by atoms with Crippen molar-refractivity contribution < 1.29 is 4.79 Å². The number of nitrogens with zero attached hydrogens (tertiary/aromatic N) is 1. The lowest BCUT2D eigenvalue weighted by Crippen LogP contribution is -2.52. The number of thiocarbonyl (C=S) groups is 1. The molecule has 110 valence electrons. The van der Waals surface area contributed by atoms with E-state index in [-0.39, 0.29) is 23.9 Å². The molecule has 1 heterocycles. The number of nitrogens with one attached hydrogen (secondary N) is 1. The van der Waals surface area contributed by atoms with Crippen LogP contribution in [0.5, 0.6) is 0 Å². The summed E-state index contributed by atoms with van der Waals surface area (Å²) in [5.74, 6) is 0.379. The molecular formula is C14H27N3OS. The molecule has 1 aliphatic heterocycles. The van der Waals surface area contributed by atoms with Crippen LogP contribution in [0.15, 0.2) is 0 Å². The summed E-state index contributed by atoms with van der Waals surface area (Å²) in [7, 11) is 0. The van der Waals surface area contributed by atoms with Crippen LogP contribution in [-0.2, 0) is 4.79 Å². The number of nitrogens with two attached hydrogens (primary N) is 1. The molecule has 5 heteroatoms. The van der Waals surface area contributed by atoms with Crippen molar-refractivity contribution in [3.05, 3.63) is 0 Å². The van der Waals surface area contributed by atoms with Gasteiger partial charge in [-0.2, -0.15) is 0 Å². The number of hydrogen-bond donors (Lipinski definition) is 2. The Morgan fingerprint density at radius 3 is 2.63 bits per heavy atom. The largest absolute Gasteiger partial charge is 0.393 e. The third-order valence-electron chi connectivity index (χ3n) is 4.11. The van der Waals surface area contributed by atoms with Crippen molar-refractivity contribution in [2.24, 2.45) is 11.7 Å². The van der Waals surface area contributed by atoms with Crippen molar-refractivity contribution in [2.45, 2.75) is 58.5 Å². The van der Waals surface area contributed by atoms with E-state index in [1.807, 2.05) is 6.92 Å². The normalized spacial score (nSPS) is 22.2. The fourth-order valence-corrected chi connectivity index (χ4v) is 2.76. The molecular weight excluding hydrogens is 258 g/mol. The highest BCUT2D eigenvalue weighted by molar-refractivity contribution is 7.80. The molecule has 1 amide bonds. The lowest BCUT2D eigenvalue weighted by atomic mass is 9.96. The van der Waals surface area contributed by atoms with Gasteiger partial charge in [0.1, 0.15) is 0 Å². The molecule has 0 saturated carbocycles. The summed E-state index contributed by atoms with van der Waals surface area (Å²) >= 11 is 5.08. The van der Waals surface area contributed by atoms with Gasteiger partial charge in [0.15, 0.2) is 0 Å². The summed E-state index contributed by atoms with van der Waals surface area (Å²) < 4.78 is 0. The van der Waals surface area contributed by atoms with Crippen LogP contribution in [0.3, 0.4) is 0 Å². The van der Waals surface area contributed by atoms with Gasteiger partial charge in [-0.15, -0.1) is 0 Å². The molecule has 19 heavy (non-hydrogen) atoms. The molecule has 0 bridgehead atoms. The quantitative estimate of drug-likeness (QED) is 0.729. The number of likely N-dealkylation sites (tertiary alicyclic amines) is 1. The first-order valence-electron chi connectivity index (χ1n) is 7.33. The fraction of sp³-hybridized carbons (Fsp3) is 0.857. The number of carbonyl (C=O) groups is 1. The van der Waals surface area contributed by atoms with Crippen molar-refractivity contribution in [3.63, 3.8) is 0 Å². The van der Waals surface area contributed by atoms with Gasteiger partial charge in [-0.25, -0.2) is 0 Å². The van der Waals surface area contributed by atoms with E-state index >= 15 is 0 Å². The van der Waals surface area contributed by atoms with Gasteiger partial charge in [-0.1, -0.05) is 26.1 Å². The summed E-state index contributed by atoms with van der Waals surface area (Å²) in [6, 6.07) is 0.184. The zero-order chi connectivity index (χ0) is 14.4. The maximum atomic E-state index is 12.2. The first kappa shape index (κ1) is 16.4. The summed E-state index contributed by atoms with van der Waals surface area (Å²) in [4.78, 5) is 15.0. The van der Waals surface area contributed by atoms with Crippen LogP contribution < -0.4 is 11.1 Å². The van der Waals surface area contributed by atoms with Gasteiger partial charge in [-0.05, 0) is 39.2 Å². The van der Waals surface area contributed by atoms with Gasteiger partial charge in [-0.3, -0.25) is 9.69 Å². The third-order valence-corrected chi connectivity index (χ3v) is 4.45. The second kappa shape index (κ2) is 7.80. The van der Waals surface area contributed by atoms with E-state index in [9.17, 15) is 4.79 Å². The molecule has 0 spiro atoms. The molecule has 2 atom stereocenters. The van der Waals surface area contributed by atoms with Crippen LogP contribution in [0.1, 0.15) is 46.5 Å². The van der Waals surface area contributed by atoms with E-state index < -0.39 is 0 Å². The van der Waals surface area contributed by atoms with Crippen molar-refractivity contribution in [1.82, 2.24) is 10.2 Å². The average molecular weight is 285 g/mol. The predicted molar refractivity (Wildman–Crippen MR) is 83.1 cm³/mol. The van der Waals surface area contributed by atoms with Gasteiger partial charge >= 0.3 is 0 Å². The highest BCUT2D eigenvalue weighted by Gasteiger charge is 2.28. The molecule has 0 aliphatic carbocycles. The predicted octanol–water partition coefficient (Wildman–Crippen LogP) is 1.68. The molecule has 1 fully saturated rings. The Balaban J connectivity index is 2.53. The molecule has 0 aromatic carbocycles. The summed E-state index contributed by atoms with van der Waals surface area (Å²) in [6.07, 6.45) is 4.06. The van der Waals surface area contributed by atoms with Gasteiger partial charge in [0.25, 0.3) is 0 Å². The molecule has 1 rings (SSSR count). The van der Waals surface area contributed by atoms with Gasteiger partial charge in [0, 0.05) is 18.5 Å². The van der Waals surface area contributed by atoms with E-state index in [1.165, 1.54) is 0 Å². The van der Waals surface area contributed by atoms with Crippen LogP contribution in [0.25, 0.3) is 0 Å². The van der Waals surface area contributed by atoms with Crippen molar-refractivity contribution >= 4 is 23.1 Å². The minimum Gasteiger partial charge on any atom is -0.393 e. The molecule has 0 radical (unpaired) electrons. The number of piperidine rings is 1. The monoisotopic (exact) mass is 285 g/mol. The minimum absolute atomic E-state index is 0.0993. The van der Waals surface area contributed by atoms with Crippen LogP contribution in [0.2, 0.25) is 0 Å². The topological polar surface area (TPSA) is 58.4 Å². The SMILES string of the molecule is CCC(CC)NC(=O)C(C)N1CCCC(C(N)=S)C1. The summed E-state index contributed by atoms with van der Waals surface area (Å²) in [6.45, 7) is 7.94. The van der Waals surface area contributed by atoms with Gasteiger partial charge in [0.2, 0.25) is 5.91 Å². The van der Waals surface area contributed by atoms with Crippen molar-refractivity contribution in [3.8, 4) is 0 Å². The number of rotatable bonds is 6. The van der Waals surface area contributed by atoms with Crippen molar-refractivity contribution in [1.29, 1.82) is 0 Å². The van der Waals surface area contributed by atoms with E-state index in [0.717, 1.165) is 38.8 Å². The summed E-state index contributed by atoms with van der Waals surface area (Å²) in [5.41, 5.74) is 5.73. The fourth-order valence-electron chi connectivity index (χ4n) is 2.57. The van der Waals surface area contributed by atoms with E-state index in [2.05, 4.69) is 24.1 Å². The van der Waals surface area contributed by atoms with E-state index in [4.69, 9.17) is 18.0 Å². The molecule has 0 aromatic rings. The molecule has 3 N–H and O–H groups in total. The van der Waals surface area contributed by atoms with Gasteiger partial charge in [0.05, 0.1) is 11.0 Å². The zero-order valence-corrected chi connectivity index (χ0v) is 13.1. The number of hydrogen-bond acceptors (Lipinski definition) is 3. The van der Waals surface area contributed by atoms with Gasteiger partial charge < -0.3 is 11.1 Å². The maximum absolute atomic E-state index is 12.2. The molecule has 1 aliphatic rings. The first-order chi connectivity index (χ1) is 8.99. The Morgan fingerprint density at radius 1 is 1.47 bits per heavy atom. The van der Waals surface area contributed by atoms with E-state index in [1.54, 1.807) is 0 Å². The van der Waals surface area contributed by atoms with Crippen molar-refractivity contribution in [2.75, 3.05) is 13.1 Å². The molecule has 2 unspecified atom stereocenters.